The molecule has 1 aromatic carbocycles. The first-order valence-corrected chi connectivity index (χ1v) is 6.02. The van der Waals surface area contributed by atoms with Crippen LogP contribution in [0.3, 0.4) is 0 Å². The first kappa shape index (κ1) is 11.6. The van der Waals surface area contributed by atoms with Gasteiger partial charge in [0, 0.05) is 4.47 Å². The zero-order valence-electron chi connectivity index (χ0n) is 8.69. The minimum Gasteiger partial charge on any atom is -0.481 e. The van der Waals surface area contributed by atoms with Gasteiger partial charge in [-0.1, -0.05) is 28.1 Å². The van der Waals surface area contributed by atoms with Gasteiger partial charge in [0.05, 0.1) is 11.5 Å². The molecule has 0 spiro atoms. The summed E-state index contributed by atoms with van der Waals surface area (Å²) in [4.78, 5) is 10.9. The molecule has 0 unspecified atom stereocenters. The summed E-state index contributed by atoms with van der Waals surface area (Å²) in [5, 5.41) is 19.3. The van der Waals surface area contributed by atoms with Crippen LogP contribution in [0, 0.1) is 5.92 Å². The summed E-state index contributed by atoms with van der Waals surface area (Å²) >= 11 is 3.33. The van der Waals surface area contributed by atoms with E-state index in [1.807, 2.05) is 24.3 Å². The number of aliphatic hydroxyl groups is 1. The summed E-state index contributed by atoms with van der Waals surface area (Å²) in [5.41, 5.74) is -0.163. The molecular formula is C12H13BrO3. The van der Waals surface area contributed by atoms with Gasteiger partial charge in [-0.15, -0.1) is 0 Å². The summed E-state index contributed by atoms with van der Waals surface area (Å²) in [7, 11) is 0. The number of benzene rings is 1. The summed E-state index contributed by atoms with van der Waals surface area (Å²) in [6.45, 7) is 0. The highest BCUT2D eigenvalue weighted by Gasteiger charge is 2.41. The molecule has 16 heavy (non-hydrogen) atoms. The normalized spacial score (nSPS) is 29.2. The zero-order valence-corrected chi connectivity index (χ0v) is 10.3. The Morgan fingerprint density at radius 1 is 1.38 bits per heavy atom. The van der Waals surface area contributed by atoms with Gasteiger partial charge in [0.15, 0.2) is 0 Å². The second-order valence-electron chi connectivity index (χ2n) is 4.32. The van der Waals surface area contributed by atoms with Gasteiger partial charge >= 0.3 is 5.97 Å². The predicted molar refractivity (Wildman–Crippen MR) is 63.0 cm³/mol. The molecule has 1 fully saturated rings. The molecule has 0 radical (unpaired) electrons. The van der Waals surface area contributed by atoms with Crippen LogP contribution in [-0.4, -0.2) is 16.2 Å². The van der Waals surface area contributed by atoms with E-state index in [4.69, 9.17) is 5.11 Å². The number of aliphatic carboxylic acids is 1. The Labute approximate surface area is 102 Å². The molecule has 2 atom stereocenters. The van der Waals surface area contributed by atoms with E-state index < -0.39 is 17.5 Å². The highest BCUT2D eigenvalue weighted by Crippen LogP contribution is 2.42. The number of carboxylic acid groups (broad SMARTS) is 1. The number of hydrogen-bond acceptors (Lipinski definition) is 2. The Hall–Kier alpha value is -0.870. The molecule has 1 aliphatic rings. The van der Waals surface area contributed by atoms with Crippen LogP contribution >= 0.6 is 15.9 Å². The van der Waals surface area contributed by atoms with Crippen LogP contribution in [0.25, 0.3) is 0 Å². The topological polar surface area (TPSA) is 57.5 Å². The van der Waals surface area contributed by atoms with Gasteiger partial charge in [-0.05, 0) is 37.0 Å². The van der Waals surface area contributed by atoms with Gasteiger partial charge < -0.3 is 10.2 Å². The Morgan fingerprint density at radius 3 is 2.50 bits per heavy atom. The van der Waals surface area contributed by atoms with E-state index in [1.54, 1.807) is 0 Å². The molecule has 86 valence electrons. The molecule has 0 bridgehead atoms. The Kier molecular flexibility index (Phi) is 3.04. The third-order valence-electron chi connectivity index (χ3n) is 3.22. The van der Waals surface area contributed by atoms with Crippen molar-refractivity contribution >= 4 is 21.9 Å². The molecule has 4 heteroatoms. The van der Waals surface area contributed by atoms with Gasteiger partial charge in [0.25, 0.3) is 0 Å². The quantitative estimate of drug-likeness (QED) is 0.877. The largest absolute Gasteiger partial charge is 0.481 e. The number of hydrogen-bond donors (Lipinski definition) is 2. The second kappa shape index (κ2) is 4.18. The van der Waals surface area contributed by atoms with E-state index in [1.165, 1.54) is 0 Å². The van der Waals surface area contributed by atoms with Gasteiger partial charge in [-0.3, -0.25) is 4.79 Å². The molecule has 0 heterocycles. The molecule has 0 aliphatic heterocycles. The molecule has 3 nitrogen and oxygen atoms in total. The van der Waals surface area contributed by atoms with E-state index >= 15 is 0 Å². The fourth-order valence-electron chi connectivity index (χ4n) is 2.26. The van der Waals surface area contributed by atoms with E-state index in [0.29, 0.717) is 19.3 Å². The fourth-order valence-corrected chi connectivity index (χ4v) is 2.52. The van der Waals surface area contributed by atoms with E-state index in [0.717, 1.165) is 10.0 Å². The molecule has 0 aromatic heterocycles. The number of rotatable bonds is 2. The Bertz CT molecular complexity index is 401. The molecule has 2 N–H and O–H groups in total. The summed E-state index contributed by atoms with van der Waals surface area (Å²) in [5.74, 6) is -1.23. The highest BCUT2D eigenvalue weighted by molar-refractivity contribution is 9.10. The molecule has 2 rings (SSSR count). The van der Waals surface area contributed by atoms with Gasteiger partial charge in [0.1, 0.15) is 0 Å². The first-order valence-electron chi connectivity index (χ1n) is 5.22. The SMILES string of the molecule is O=C(O)[C@H]1CC[C@@](O)(c2ccc(Br)cc2)C1. The van der Waals surface area contributed by atoms with E-state index in [-0.39, 0.29) is 0 Å². The van der Waals surface area contributed by atoms with Crippen molar-refractivity contribution in [2.45, 2.75) is 24.9 Å². The predicted octanol–water partition coefficient (Wildman–Crippen LogP) is 2.52. The van der Waals surface area contributed by atoms with Gasteiger partial charge in [-0.25, -0.2) is 0 Å². The van der Waals surface area contributed by atoms with Crippen molar-refractivity contribution in [1.82, 2.24) is 0 Å². The van der Waals surface area contributed by atoms with Crippen LogP contribution in [0.5, 0.6) is 0 Å². The lowest BCUT2D eigenvalue weighted by Crippen LogP contribution is -2.23. The lowest BCUT2D eigenvalue weighted by Gasteiger charge is -2.23. The van der Waals surface area contributed by atoms with Gasteiger partial charge in [0.2, 0.25) is 0 Å². The van der Waals surface area contributed by atoms with Crippen molar-refractivity contribution in [3.8, 4) is 0 Å². The average molecular weight is 285 g/mol. The van der Waals surface area contributed by atoms with Crippen molar-refractivity contribution in [1.29, 1.82) is 0 Å². The first-order chi connectivity index (χ1) is 7.51. The zero-order chi connectivity index (χ0) is 11.8. The molecule has 1 saturated carbocycles. The van der Waals surface area contributed by atoms with Crippen LogP contribution in [0.4, 0.5) is 0 Å². The Morgan fingerprint density at radius 2 is 2.00 bits per heavy atom. The monoisotopic (exact) mass is 284 g/mol. The van der Waals surface area contributed by atoms with Crippen molar-refractivity contribution < 1.29 is 15.0 Å². The highest BCUT2D eigenvalue weighted by atomic mass is 79.9. The van der Waals surface area contributed by atoms with Gasteiger partial charge in [-0.2, -0.15) is 0 Å². The number of carboxylic acids is 1. The van der Waals surface area contributed by atoms with Crippen molar-refractivity contribution in [2.24, 2.45) is 5.92 Å². The maximum absolute atomic E-state index is 10.9. The lowest BCUT2D eigenvalue weighted by molar-refractivity contribution is -0.142. The van der Waals surface area contributed by atoms with Crippen LogP contribution in [0.1, 0.15) is 24.8 Å². The minimum absolute atomic E-state index is 0.309. The van der Waals surface area contributed by atoms with Crippen LogP contribution < -0.4 is 0 Å². The maximum Gasteiger partial charge on any atom is 0.306 e. The smallest absolute Gasteiger partial charge is 0.306 e. The van der Waals surface area contributed by atoms with Crippen LogP contribution in [0.15, 0.2) is 28.7 Å². The maximum atomic E-state index is 10.9. The third-order valence-corrected chi connectivity index (χ3v) is 3.75. The molecular weight excluding hydrogens is 272 g/mol. The molecule has 1 aliphatic carbocycles. The standard InChI is InChI=1S/C12H13BrO3/c13-10-3-1-9(2-4-10)12(16)6-5-8(7-12)11(14)15/h1-4,8,16H,5-7H2,(H,14,15)/t8-,12-/m0/s1. The lowest BCUT2D eigenvalue weighted by atomic mass is 9.91. The van der Waals surface area contributed by atoms with Crippen molar-refractivity contribution in [3.63, 3.8) is 0 Å². The molecule has 0 amide bonds. The van der Waals surface area contributed by atoms with E-state index in [9.17, 15) is 9.90 Å². The van der Waals surface area contributed by atoms with E-state index in [2.05, 4.69) is 15.9 Å². The van der Waals surface area contributed by atoms with Crippen molar-refractivity contribution in [2.75, 3.05) is 0 Å². The second-order valence-corrected chi connectivity index (χ2v) is 5.23. The number of halogens is 1. The van der Waals surface area contributed by atoms with Crippen molar-refractivity contribution in [3.05, 3.63) is 34.3 Å². The minimum atomic E-state index is -0.968. The van der Waals surface area contributed by atoms with Crippen LogP contribution in [0.2, 0.25) is 0 Å². The van der Waals surface area contributed by atoms with Crippen LogP contribution in [-0.2, 0) is 10.4 Å². The molecule has 1 aromatic rings. The number of carbonyl (C=O) groups is 1. The third kappa shape index (κ3) is 2.13. The summed E-state index contributed by atoms with van der Waals surface area (Å²) < 4.78 is 0.952. The summed E-state index contributed by atoms with van der Waals surface area (Å²) in [6.07, 6.45) is 1.37. The fraction of sp³-hybridized carbons (Fsp3) is 0.417. The molecule has 0 saturated heterocycles. The summed E-state index contributed by atoms with van der Waals surface area (Å²) in [6, 6.07) is 7.41. The average Bonchev–Trinajstić information content (AvgIpc) is 2.63. The Balaban J connectivity index is 2.21.